The van der Waals surface area contributed by atoms with Gasteiger partial charge in [0.25, 0.3) is 0 Å². The molecule has 0 spiro atoms. The average Bonchev–Trinajstić information content (AvgIpc) is 2.84. The van der Waals surface area contributed by atoms with Crippen LogP contribution in [-0.2, 0) is 10.2 Å². The molecule has 3 heteroatoms. The van der Waals surface area contributed by atoms with Crippen LogP contribution in [0.5, 0.6) is 0 Å². The lowest BCUT2D eigenvalue weighted by atomic mass is 9.95. The number of halogens is 1. The molecule has 2 aliphatic rings. The third kappa shape index (κ3) is 0.989. The van der Waals surface area contributed by atoms with E-state index < -0.39 is 0 Å². The second-order valence-electron chi connectivity index (χ2n) is 4.14. The summed E-state index contributed by atoms with van der Waals surface area (Å²) in [7, 11) is 0. The first-order valence-electron chi connectivity index (χ1n) is 4.76. The van der Waals surface area contributed by atoms with Gasteiger partial charge in [0.2, 0.25) is 5.91 Å². The molecule has 0 bridgehead atoms. The summed E-state index contributed by atoms with van der Waals surface area (Å²) < 4.78 is 1.09. The molecule has 0 aromatic heterocycles. The number of rotatable bonds is 1. The van der Waals surface area contributed by atoms with Crippen molar-refractivity contribution in [3.63, 3.8) is 0 Å². The van der Waals surface area contributed by atoms with Crippen LogP contribution in [0.4, 0.5) is 0 Å². The van der Waals surface area contributed by atoms with Gasteiger partial charge in [-0.05, 0) is 24.1 Å². The number of benzene rings is 1. The lowest BCUT2D eigenvalue weighted by Gasteiger charge is -2.10. The van der Waals surface area contributed by atoms with Crippen LogP contribution < -0.4 is 5.32 Å². The molecule has 3 rings (SSSR count). The highest BCUT2D eigenvalue weighted by Crippen LogP contribution is 2.56. The Morgan fingerprint density at radius 3 is 2.57 bits per heavy atom. The van der Waals surface area contributed by atoms with Crippen molar-refractivity contribution in [2.24, 2.45) is 5.92 Å². The standard InChI is InChI=1S/C11H10BrNO/c12-8-3-1-7(2-4-8)11-5-9(11)10(14)13-6-11/h1-4,9H,5-6H2,(H,13,14). The van der Waals surface area contributed by atoms with Gasteiger partial charge in [0.05, 0.1) is 5.92 Å². The first kappa shape index (κ1) is 8.48. The van der Waals surface area contributed by atoms with E-state index in [-0.39, 0.29) is 17.2 Å². The summed E-state index contributed by atoms with van der Waals surface area (Å²) in [4.78, 5) is 11.3. The Bertz CT molecular complexity index is 400. The molecule has 0 radical (unpaired) electrons. The molecule has 2 atom stereocenters. The summed E-state index contributed by atoms with van der Waals surface area (Å²) in [5.74, 6) is 0.469. The van der Waals surface area contributed by atoms with Crippen LogP contribution in [-0.4, -0.2) is 12.5 Å². The van der Waals surface area contributed by atoms with Gasteiger partial charge in [-0.25, -0.2) is 0 Å². The van der Waals surface area contributed by atoms with Crippen molar-refractivity contribution < 1.29 is 4.79 Å². The summed E-state index contributed by atoms with van der Waals surface area (Å²) in [5, 5.41) is 2.92. The van der Waals surface area contributed by atoms with Crippen LogP contribution in [0.2, 0.25) is 0 Å². The molecular weight excluding hydrogens is 242 g/mol. The van der Waals surface area contributed by atoms with E-state index >= 15 is 0 Å². The molecule has 1 aromatic carbocycles. The van der Waals surface area contributed by atoms with Gasteiger partial charge in [-0.3, -0.25) is 4.79 Å². The van der Waals surface area contributed by atoms with E-state index in [9.17, 15) is 4.79 Å². The fraction of sp³-hybridized carbons (Fsp3) is 0.364. The Hall–Kier alpha value is -0.830. The molecule has 1 N–H and O–H groups in total. The van der Waals surface area contributed by atoms with Crippen molar-refractivity contribution in [2.75, 3.05) is 6.54 Å². The molecular formula is C11H10BrNO. The van der Waals surface area contributed by atoms with E-state index in [1.165, 1.54) is 5.56 Å². The zero-order valence-electron chi connectivity index (χ0n) is 7.59. The topological polar surface area (TPSA) is 29.1 Å². The van der Waals surface area contributed by atoms with E-state index in [0.29, 0.717) is 0 Å². The Morgan fingerprint density at radius 2 is 2.07 bits per heavy atom. The van der Waals surface area contributed by atoms with Gasteiger partial charge in [-0.15, -0.1) is 0 Å². The number of fused-ring (bicyclic) bond motifs is 1. The number of carbonyl (C=O) groups excluding carboxylic acids is 1. The van der Waals surface area contributed by atoms with Crippen molar-refractivity contribution in [2.45, 2.75) is 11.8 Å². The largest absolute Gasteiger partial charge is 0.355 e. The van der Waals surface area contributed by atoms with Gasteiger partial charge in [0.1, 0.15) is 0 Å². The third-order valence-electron chi connectivity index (χ3n) is 3.39. The second kappa shape index (κ2) is 2.60. The summed E-state index contributed by atoms with van der Waals surface area (Å²) in [6, 6.07) is 8.32. The third-order valence-corrected chi connectivity index (χ3v) is 3.92. The minimum absolute atomic E-state index is 0.137. The molecule has 1 aliphatic heterocycles. The SMILES string of the molecule is O=C1NCC2(c3ccc(Br)cc3)CC12. The number of hydrogen-bond donors (Lipinski definition) is 1. The Morgan fingerprint density at radius 1 is 1.36 bits per heavy atom. The maximum Gasteiger partial charge on any atom is 0.224 e. The number of carbonyl (C=O) groups is 1. The number of amides is 1. The van der Waals surface area contributed by atoms with Gasteiger partial charge in [-0.2, -0.15) is 0 Å². The zero-order chi connectivity index (χ0) is 9.76. The summed E-state index contributed by atoms with van der Waals surface area (Å²) in [5.41, 5.74) is 1.43. The minimum Gasteiger partial charge on any atom is -0.355 e. The van der Waals surface area contributed by atoms with Crippen molar-refractivity contribution >= 4 is 21.8 Å². The smallest absolute Gasteiger partial charge is 0.224 e. The number of hydrogen-bond acceptors (Lipinski definition) is 1. The fourth-order valence-corrected chi connectivity index (χ4v) is 2.68. The number of nitrogens with one attached hydrogen (secondary N) is 1. The molecule has 14 heavy (non-hydrogen) atoms. The summed E-state index contributed by atoms with van der Waals surface area (Å²) in [6.45, 7) is 0.818. The van der Waals surface area contributed by atoms with Crippen molar-refractivity contribution in [1.29, 1.82) is 0 Å². The molecule has 1 heterocycles. The lowest BCUT2D eigenvalue weighted by molar-refractivity contribution is -0.120. The van der Waals surface area contributed by atoms with Crippen LogP contribution in [0.15, 0.2) is 28.7 Å². The normalized spacial score (nSPS) is 33.8. The minimum atomic E-state index is 0.137. The molecule has 2 nitrogen and oxygen atoms in total. The molecule has 2 unspecified atom stereocenters. The van der Waals surface area contributed by atoms with Crippen molar-refractivity contribution in [1.82, 2.24) is 5.32 Å². The van der Waals surface area contributed by atoms with Crippen LogP contribution in [0.25, 0.3) is 0 Å². The molecule has 2 fully saturated rings. The molecule has 1 saturated heterocycles. The van der Waals surface area contributed by atoms with Crippen molar-refractivity contribution in [3.05, 3.63) is 34.3 Å². The second-order valence-corrected chi connectivity index (χ2v) is 5.05. The quantitative estimate of drug-likeness (QED) is 0.811. The predicted octanol–water partition coefficient (Wildman–Crippen LogP) is 1.84. The Labute approximate surface area is 90.8 Å². The van der Waals surface area contributed by atoms with Crippen LogP contribution >= 0.6 is 15.9 Å². The maximum absolute atomic E-state index is 11.3. The Balaban J connectivity index is 1.98. The van der Waals surface area contributed by atoms with Gasteiger partial charge in [0.15, 0.2) is 0 Å². The molecule has 1 aliphatic carbocycles. The Kier molecular flexibility index (Phi) is 1.57. The molecule has 1 aromatic rings. The average molecular weight is 252 g/mol. The van der Waals surface area contributed by atoms with Crippen LogP contribution in [0.3, 0.4) is 0 Å². The highest BCUT2D eigenvalue weighted by molar-refractivity contribution is 9.10. The van der Waals surface area contributed by atoms with Crippen molar-refractivity contribution in [3.8, 4) is 0 Å². The first-order valence-corrected chi connectivity index (χ1v) is 5.55. The van der Waals surface area contributed by atoms with E-state index in [0.717, 1.165) is 17.4 Å². The maximum atomic E-state index is 11.3. The van der Waals surface area contributed by atoms with E-state index in [1.807, 2.05) is 12.1 Å². The van der Waals surface area contributed by atoms with Gasteiger partial charge < -0.3 is 5.32 Å². The first-order chi connectivity index (χ1) is 6.72. The van der Waals surface area contributed by atoms with E-state index in [2.05, 4.69) is 33.4 Å². The van der Waals surface area contributed by atoms with Gasteiger partial charge >= 0.3 is 0 Å². The molecule has 1 saturated carbocycles. The van der Waals surface area contributed by atoms with Gasteiger partial charge in [-0.1, -0.05) is 28.1 Å². The molecule has 1 amide bonds. The highest BCUT2D eigenvalue weighted by atomic mass is 79.9. The molecule has 72 valence electrons. The highest BCUT2D eigenvalue weighted by Gasteiger charge is 2.63. The fourth-order valence-electron chi connectivity index (χ4n) is 2.42. The van der Waals surface area contributed by atoms with Gasteiger partial charge in [0, 0.05) is 16.4 Å². The van der Waals surface area contributed by atoms with E-state index in [1.54, 1.807) is 0 Å². The summed E-state index contributed by atoms with van der Waals surface area (Å²) >= 11 is 3.41. The lowest BCUT2D eigenvalue weighted by Crippen LogP contribution is -2.22. The van der Waals surface area contributed by atoms with Crippen LogP contribution in [0.1, 0.15) is 12.0 Å². The number of piperidine rings is 1. The van der Waals surface area contributed by atoms with Crippen LogP contribution in [0, 0.1) is 5.92 Å². The van der Waals surface area contributed by atoms with E-state index in [4.69, 9.17) is 0 Å². The predicted molar refractivity (Wildman–Crippen MR) is 56.9 cm³/mol. The summed E-state index contributed by atoms with van der Waals surface area (Å²) in [6.07, 6.45) is 1.03. The zero-order valence-corrected chi connectivity index (χ0v) is 9.17. The monoisotopic (exact) mass is 251 g/mol.